The lowest BCUT2D eigenvalue weighted by Crippen LogP contribution is -2.25. The molecule has 4 atom stereocenters. The molecule has 0 spiro atoms. The molecule has 1 heterocycles. The number of epoxide rings is 1. The molecule has 242 valence electrons. The molecule has 6 nitrogen and oxygen atoms in total. The van der Waals surface area contributed by atoms with E-state index in [0.29, 0.717) is 19.3 Å². The second kappa shape index (κ2) is 26.7. The number of aliphatic hydroxyl groups excluding tert-OH is 1. The molecule has 0 amide bonds. The highest BCUT2D eigenvalue weighted by Gasteiger charge is 2.36. The van der Waals surface area contributed by atoms with E-state index in [0.717, 1.165) is 50.9 Å². The van der Waals surface area contributed by atoms with Crippen molar-refractivity contribution in [1.29, 1.82) is 0 Å². The summed E-state index contributed by atoms with van der Waals surface area (Å²) in [5, 5.41) is 9.98. The summed E-state index contributed by atoms with van der Waals surface area (Å²) in [6.45, 7) is 6.49. The lowest BCUT2D eigenvalue weighted by molar-refractivity contribution is -0.152. The Hall–Kier alpha value is -1.92. The molecule has 1 saturated heterocycles. The van der Waals surface area contributed by atoms with Crippen molar-refractivity contribution in [3.63, 3.8) is 0 Å². The molecule has 1 aliphatic rings. The van der Waals surface area contributed by atoms with E-state index in [1.54, 1.807) is 0 Å². The Labute approximate surface area is 257 Å². The van der Waals surface area contributed by atoms with Gasteiger partial charge in [0.05, 0.1) is 12.2 Å². The fraction of sp³-hybridized carbons (Fsp3) is 0.778. The Morgan fingerprint density at radius 2 is 1.33 bits per heavy atom. The summed E-state index contributed by atoms with van der Waals surface area (Å²) in [4.78, 5) is 23.9. The van der Waals surface area contributed by atoms with E-state index in [2.05, 4.69) is 57.2 Å². The molecule has 0 saturated carbocycles. The molecule has 1 aliphatic heterocycles. The van der Waals surface area contributed by atoms with Crippen LogP contribution in [0, 0.1) is 5.92 Å². The topological polar surface area (TPSA) is 85.4 Å². The van der Waals surface area contributed by atoms with Gasteiger partial charge in [-0.1, -0.05) is 115 Å². The zero-order valence-electron chi connectivity index (χ0n) is 27.1. The van der Waals surface area contributed by atoms with Crippen molar-refractivity contribution in [2.75, 3.05) is 13.2 Å². The summed E-state index contributed by atoms with van der Waals surface area (Å²) in [6, 6.07) is 0. The van der Waals surface area contributed by atoms with E-state index in [9.17, 15) is 14.7 Å². The van der Waals surface area contributed by atoms with Gasteiger partial charge in [0.2, 0.25) is 0 Å². The van der Waals surface area contributed by atoms with Gasteiger partial charge in [-0.05, 0) is 57.3 Å². The molecule has 0 aliphatic carbocycles. The number of carbonyl (C=O) groups is 2. The molecule has 1 fully saturated rings. The molecule has 0 aromatic rings. The summed E-state index contributed by atoms with van der Waals surface area (Å²) in [7, 11) is 0. The predicted molar refractivity (Wildman–Crippen MR) is 172 cm³/mol. The van der Waals surface area contributed by atoms with Crippen LogP contribution in [0.3, 0.4) is 0 Å². The van der Waals surface area contributed by atoms with E-state index in [-0.39, 0.29) is 37.4 Å². The summed E-state index contributed by atoms with van der Waals surface area (Å²) < 4.78 is 16.0. The van der Waals surface area contributed by atoms with Crippen LogP contribution in [0.1, 0.15) is 143 Å². The van der Waals surface area contributed by atoms with Crippen molar-refractivity contribution < 1.29 is 28.9 Å². The minimum absolute atomic E-state index is 0.140. The number of hydrogen-bond acceptors (Lipinski definition) is 6. The number of rotatable bonds is 28. The molecule has 0 radical (unpaired) electrons. The zero-order valence-corrected chi connectivity index (χ0v) is 27.1. The lowest BCUT2D eigenvalue weighted by atomic mass is 10.00. The van der Waals surface area contributed by atoms with Crippen molar-refractivity contribution in [3.05, 3.63) is 36.5 Å². The first kappa shape index (κ1) is 38.1. The highest BCUT2D eigenvalue weighted by Crippen LogP contribution is 2.30. The van der Waals surface area contributed by atoms with Gasteiger partial charge < -0.3 is 19.3 Å². The largest absolute Gasteiger partial charge is 0.463 e. The van der Waals surface area contributed by atoms with E-state index in [4.69, 9.17) is 14.2 Å². The second-order valence-corrected chi connectivity index (χ2v) is 11.9. The van der Waals surface area contributed by atoms with Gasteiger partial charge in [0, 0.05) is 12.8 Å². The van der Waals surface area contributed by atoms with Gasteiger partial charge in [-0.2, -0.15) is 0 Å². The SMILES string of the molecule is CCCCC/C=C\C/C=C\C/C=C\CC1OC1CCCC(=O)OC[C@H](O)COC(=O)CCCCCCCCC(C)CC. The standard InChI is InChI=1S/C36H62O6/c1-4-6-7-8-9-10-11-12-13-14-18-21-25-33-34(42-33)26-23-28-36(39)41-30-32(37)29-40-35(38)27-22-19-16-15-17-20-24-31(3)5-2/h9-10,12-13,18,21,31-34,37H,4-8,11,14-17,19-20,22-30H2,1-3H3/b10-9-,13-12-,21-18-/t31?,32-,33?,34?/m1/s1. The van der Waals surface area contributed by atoms with Crippen molar-refractivity contribution in [1.82, 2.24) is 0 Å². The highest BCUT2D eigenvalue weighted by atomic mass is 16.6. The predicted octanol–water partition coefficient (Wildman–Crippen LogP) is 8.96. The van der Waals surface area contributed by atoms with Gasteiger partial charge in [0.1, 0.15) is 19.3 Å². The first-order valence-electron chi connectivity index (χ1n) is 17.1. The molecular formula is C36H62O6. The first-order valence-corrected chi connectivity index (χ1v) is 17.1. The average Bonchev–Trinajstić information content (AvgIpc) is 3.74. The van der Waals surface area contributed by atoms with Crippen LogP contribution in [0.25, 0.3) is 0 Å². The monoisotopic (exact) mass is 590 g/mol. The quantitative estimate of drug-likeness (QED) is 0.0424. The van der Waals surface area contributed by atoms with Crippen LogP contribution in [0.15, 0.2) is 36.5 Å². The Bertz CT molecular complexity index is 758. The van der Waals surface area contributed by atoms with Crippen molar-refractivity contribution in [2.24, 2.45) is 5.92 Å². The average molecular weight is 591 g/mol. The molecule has 0 aromatic heterocycles. The smallest absolute Gasteiger partial charge is 0.305 e. The lowest BCUT2D eigenvalue weighted by Gasteiger charge is -2.12. The van der Waals surface area contributed by atoms with Crippen molar-refractivity contribution in [2.45, 2.75) is 161 Å². The summed E-state index contributed by atoms with van der Waals surface area (Å²) in [5.74, 6) is 0.176. The normalized spacial score (nSPS) is 18.2. The van der Waals surface area contributed by atoms with Crippen LogP contribution < -0.4 is 0 Å². The Morgan fingerprint density at radius 1 is 0.738 bits per heavy atom. The van der Waals surface area contributed by atoms with Crippen molar-refractivity contribution in [3.8, 4) is 0 Å². The van der Waals surface area contributed by atoms with Gasteiger partial charge in [-0.3, -0.25) is 9.59 Å². The molecule has 1 N–H and O–H groups in total. The maximum absolute atomic E-state index is 12.0. The van der Waals surface area contributed by atoms with Crippen LogP contribution in [0.5, 0.6) is 0 Å². The number of hydrogen-bond donors (Lipinski definition) is 1. The van der Waals surface area contributed by atoms with Gasteiger partial charge in [-0.15, -0.1) is 0 Å². The Morgan fingerprint density at radius 3 is 2.00 bits per heavy atom. The third kappa shape index (κ3) is 23.6. The number of allylic oxidation sites excluding steroid dienone is 5. The zero-order chi connectivity index (χ0) is 30.7. The molecule has 0 aromatic carbocycles. The Kier molecular flexibility index (Phi) is 24.2. The molecule has 42 heavy (non-hydrogen) atoms. The van der Waals surface area contributed by atoms with Gasteiger partial charge >= 0.3 is 11.9 Å². The molecule has 6 heteroatoms. The molecule has 3 unspecified atom stereocenters. The molecule has 1 rings (SSSR count). The fourth-order valence-corrected chi connectivity index (χ4v) is 4.73. The maximum Gasteiger partial charge on any atom is 0.305 e. The van der Waals surface area contributed by atoms with Crippen LogP contribution in [0.4, 0.5) is 0 Å². The second-order valence-electron chi connectivity index (χ2n) is 11.9. The summed E-state index contributed by atoms with van der Waals surface area (Å²) in [5.41, 5.74) is 0. The van der Waals surface area contributed by atoms with Gasteiger partial charge in [-0.25, -0.2) is 0 Å². The highest BCUT2D eigenvalue weighted by molar-refractivity contribution is 5.69. The maximum atomic E-state index is 12.0. The minimum Gasteiger partial charge on any atom is -0.463 e. The van der Waals surface area contributed by atoms with Gasteiger partial charge in [0.25, 0.3) is 0 Å². The van der Waals surface area contributed by atoms with E-state index in [1.807, 2.05) is 0 Å². The number of ether oxygens (including phenoxy) is 3. The third-order valence-electron chi connectivity index (χ3n) is 7.84. The third-order valence-corrected chi connectivity index (χ3v) is 7.84. The molecular weight excluding hydrogens is 528 g/mol. The Balaban J connectivity index is 1.92. The number of unbranched alkanes of at least 4 members (excludes halogenated alkanes) is 8. The summed E-state index contributed by atoms with van der Waals surface area (Å²) >= 11 is 0. The van der Waals surface area contributed by atoms with Crippen LogP contribution >= 0.6 is 0 Å². The molecule has 0 bridgehead atoms. The van der Waals surface area contributed by atoms with Gasteiger partial charge in [0.15, 0.2) is 0 Å². The number of aliphatic hydroxyl groups is 1. The van der Waals surface area contributed by atoms with Crippen LogP contribution in [-0.4, -0.2) is 48.6 Å². The van der Waals surface area contributed by atoms with E-state index in [1.165, 1.54) is 57.8 Å². The minimum atomic E-state index is -0.992. The van der Waals surface area contributed by atoms with Crippen molar-refractivity contribution >= 4 is 11.9 Å². The fourth-order valence-electron chi connectivity index (χ4n) is 4.73. The van der Waals surface area contributed by atoms with E-state index < -0.39 is 6.10 Å². The van der Waals surface area contributed by atoms with Crippen LogP contribution in [0.2, 0.25) is 0 Å². The van der Waals surface area contributed by atoms with E-state index >= 15 is 0 Å². The first-order chi connectivity index (χ1) is 20.5. The number of esters is 2. The van der Waals surface area contributed by atoms with Crippen LogP contribution in [-0.2, 0) is 23.8 Å². The number of carbonyl (C=O) groups excluding carboxylic acids is 2. The summed E-state index contributed by atoms with van der Waals surface area (Å²) in [6.07, 6.45) is 32.2.